The number of hydrogen-bond donors (Lipinski definition) is 0. The Morgan fingerprint density at radius 3 is 0.804 bits per heavy atom. The van der Waals surface area contributed by atoms with E-state index in [-0.39, 0.29) is 0 Å². The summed E-state index contributed by atoms with van der Waals surface area (Å²) >= 11 is 0. The summed E-state index contributed by atoms with van der Waals surface area (Å²) in [5.74, 6) is 4.04. The van der Waals surface area contributed by atoms with Gasteiger partial charge in [0.1, 0.15) is 0 Å². The van der Waals surface area contributed by atoms with Gasteiger partial charge in [-0.3, -0.25) is 0 Å². The van der Waals surface area contributed by atoms with E-state index in [0.717, 1.165) is 29.6 Å². The van der Waals surface area contributed by atoms with Crippen LogP contribution < -0.4 is 0 Å². The van der Waals surface area contributed by atoms with Crippen molar-refractivity contribution < 1.29 is 0 Å². The number of rotatable bonds is 30. The smallest absolute Gasteiger partial charge is 0.0108 e. The van der Waals surface area contributed by atoms with E-state index in [9.17, 15) is 0 Å². The zero-order valence-electron chi connectivity index (χ0n) is 33.6. The Morgan fingerprint density at radius 1 is 0.326 bits per heavy atom. The number of benzene rings is 1. The van der Waals surface area contributed by atoms with Crippen molar-refractivity contribution in [2.45, 2.75) is 230 Å². The molecule has 269 valence electrons. The normalized spacial score (nSPS) is 15.2. The minimum Gasteiger partial charge on any atom is -0.0654 e. The molecular formula is C46H85. The van der Waals surface area contributed by atoms with Crippen LogP contribution in [0.2, 0.25) is 0 Å². The molecule has 0 bridgehead atoms. The lowest BCUT2D eigenvalue weighted by atomic mass is 9.74. The summed E-state index contributed by atoms with van der Waals surface area (Å²) in [5, 5.41) is 0. The van der Waals surface area contributed by atoms with Gasteiger partial charge in [-0.15, -0.1) is 0 Å². The van der Waals surface area contributed by atoms with Crippen molar-refractivity contribution in [2.24, 2.45) is 29.6 Å². The Bertz CT molecular complexity index is 790. The van der Waals surface area contributed by atoms with E-state index in [2.05, 4.69) is 75.3 Å². The van der Waals surface area contributed by atoms with Gasteiger partial charge < -0.3 is 0 Å². The Morgan fingerprint density at radius 2 is 0.565 bits per heavy atom. The van der Waals surface area contributed by atoms with Crippen molar-refractivity contribution >= 4 is 0 Å². The number of unbranched alkanes of at least 4 members (excludes halogenated alkanes) is 5. The second kappa shape index (κ2) is 27.1. The lowest BCUT2D eigenvalue weighted by molar-refractivity contribution is 0.413. The first-order chi connectivity index (χ1) is 22.4. The van der Waals surface area contributed by atoms with Crippen molar-refractivity contribution in [3.8, 4) is 0 Å². The van der Waals surface area contributed by atoms with Crippen LogP contribution >= 0.6 is 0 Å². The summed E-state index contributed by atoms with van der Waals surface area (Å²) in [4.78, 5) is 0. The molecule has 0 saturated carbocycles. The predicted molar refractivity (Wildman–Crippen MR) is 210 cm³/mol. The monoisotopic (exact) mass is 638 g/mol. The lowest BCUT2D eigenvalue weighted by Crippen LogP contribution is -2.20. The zero-order valence-corrected chi connectivity index (χ0v) is 33.6. The second-order valence-corrected chi connectivity index (χ2v) is 15.6. The fourth-order valence-electron chi connectivity index (χ4n) is 8.13. The molecule has 5 atom stereocenters. The predicted octanol–water partition coefficient (Wildman–Crippen LogP) is 15.3. The van der Waals surface area contributed by atoms with Gasteiger partial charge in [0, 0.05) is 0 Å². The van der Waals surface area contributed by atoms with E-state index >= 15 is 0 Å². The van der Waals surface area contributed by atoms with Crippen LogP contribution in [-0.4, -0.2) is 0 Å². The average Bonchev–Trinajstić information content (AvgIpc) is 3.08. The zero-order chi connectivity index (χ0) is 34.2. The maximum atomic E-state index is 4.41. The molecule has 0 aliphatic heterocycles. The quantitative estimate of drug-likeness (QED) is 0.0787. The molecule has 0 fully saturated rings. The molecule has 46 heavy (non-hydrogen) atoms. The van der Waals surface area contributed by atoms with Gasteiger partial charge in [0.15, 0.2) is 0 Å². The van der Waals surface area contributed by atoms with Crippen LogP contribution in [0.25, 0.3) is 0 Å². The molecule has 1 aromatic carbocycles. The lowest BCUT2D eigenvalue weighted by Gasteiger charge is -2.31. The Balaban J connectivity index is 4.07. The first-order valence-electron chi connectivity index (χ1n) is 21.5. The maximum absolute atomic E-state index is 4.41. The fourth-order valence-corrected chi connectivity index (χ4v) is 8.13. The van der Waals surface area contributed by atoms with Crippen molar-refractivity contribution in [1.82, 2.24) is 0 Å². The molecule has 0 N–H and O–H groups in total. The van der Waals surface area contributed by atoms with E-state index in [4.69, 9.17) is 0 Å². The summed E-state index contributed by atoms with van der Waals surface area (Å²) in [6, 6.07) is 4.41. The van der Waals surface area contributed by atoms with Gasteiger partial charge >= 0.3 is 0 Å². The van der Waals surface area contributed by atoms with Crippen LogP contribution in [0.1, 0.15) is 225 Å². The second-order valence-electron chi connectivity index (χ2n) is 15.6. The van der Waals surface area contributed by atoms with E-state index in [1.165, 1.54) is 161 Å². The van der Waals surface area contributed by atoms with Gasteiger partial charge in [-0.2, -0.15) is 0 Å². The molecule has 0 saturated heterocycles. The fraction of sp³-hybridized carbons (Fsp3) is 0.870. The molecule has 1 radical (unpaired) electrons. The van der Waals surface area contributed by atoms with Crippen LogP contribution in [0.5, 0.6) is 0 Å². The maximum Gasteiger partial charge on any atom is -0.0108 e. The number of hydrogen-bond acceptors (Lipinski definition) is 0. The summed E-state index contributed by atoms with van der Waals surface area (Å²) in [6.07, 6.45) is 33.5. The molecule has 0 aliphatic carbocycles. The van der Waals surface area contributed by atoms with Gasteiger partial charge in [-0.1, -0.05) is 198 Å². The van der Waals surface area contributed by atoms with Gasteiger partial charge in [-0.05, 0) is 95.6 Å². The molecule has 0 aliphatic rings. The summed E-state index contributed by atoms with van der Waals surface area (Å²) in [7, 11) is 0. The summed E-state index contributed by atoms with van der Waals surface area (Å²) in [5.41, 5.74) is 8.80. The highest BCUT2D eigenvalue weighted by Crippen LogP contribution is 2.37. The van der Waals surface area contributed by atoms with Crippen LogP contribution in [-0.2, 0) is 32.1 Å². The highest BCUT2D eigenvalue weighted by molar-refractivity contribution is 5.47. The van der Waals surface area contributed by atoms with Gasteiger partial charge in [-0.25, -0.2) is 0 Å². The third-order valence-electron chi connectivity index (χ3n) is 11.9. The van der Waals surface area contributed by atoms with Gasteiger partial charge in [0.2, 0.25) is 0 Å². The average molecular weight is 638 g/mol. The first kappa shape index (κ1) is 43.2. The molecule has 0 nitrogen and oxygen atoms in total. The molecule has 0 spiro atoms. The van der Waals surface area contributed by atoms with Crippen molar-refractivity contribution in [2.75, 3.05) is 0 Å². The van der Waals surface area contributed by atoms with Crippen LogP contribution in [0.15, 0.2) is 0 Å². The molecule has 0 aromatic heterocycles. The van der Waals surface area contributed by atoms with E-state index in [1.807, 2.05) is 5.56 Å². The third kappa shape index (κ3) is 16.1. The summed E-state index contributed by atoms with van der Waals surface area (Å²) in [6.45, 7) is 24.3. The van der Waals surface area contributed by atoms with Crippen LogP contribution in [0.4, 0.5) is 0 Å². The van der Waals surface area contributed by atoms with Gasteiger partial charge in [0.25, 0.3) is 0 Å². The van der Waals surface area contributed by atoms with Crippen molar-refractivity contribution in [3.63, 3.8) is 0 Å². The van der Waals surface area contributed by atoms with Crippen molar-refractivity contribution in [3.05, 3.63) is 33.9 Å². The molecule has 1 aromatic rings. The minimum atomic E-state index is 0.800. The molecule has 1 rings (SSSR count). The molecule has 5 unspecified atom stereocenters. The first-order valence-corrected chi connectivity index (χ1v) is 21.5. The highest BCUT2D eigenvalue weighted by atomic mass is 14.3. The molecular weight excluding hydrogens is 553 g/mol. The van der Waals surface area contributed by atoms with E-state index < -0.39 is 0 Å². The Kier molecular flexibility index (Phi) is 25.5. The standard InChI is InChI=1S/C46H85/c1-11-21-26-37(16-6)31-42-36-43(32-38(17-7)27-22-12-2)45(34-40(19-9)29-24-14-4)46(35-41(20-10)30-25-15-5)44(42)33-39(18-8)28-23-13-3/h37-41H,11-35H2,1-10H3. The summed E-state index contributed by atoms with van der Waals surface area (Å²) < 4.78 is 0. The van der Waals surface area contributed by atoms with E-state index in [0.29, 0.717) is 0 Å². The molecule has 0 heterocycles. The molecule has 0 heteroatoms. The Labute approximate surface area is 292 Å². The van der Waals surface area contributed by atoms with Crippen molar-refractivity contribution in [1.29, 1.82) is 0 Å². The highest BCUT2D eigenvalue weighted by Gasteiger charge is 2.26. The van der Waals surface area contributed by atoms with E-state index in [1.54, 1.807) is 22.3 Å². The SMILES string of the molecule is CCCCC(CC)Cc1[c]c(CC(CC)CCCC)c(CC(CC)CCCC)c(CC(CC)CCCC)c1CC(CC)CCCC. The van der Waals surface area contributed by atoms with Crippen LogP contribution in [0, 0.1) is 35.7 Å². The minimum absolute atomic E-state index is 0.800. The largest absolute Gasteiger partial charge is 0.0654 e. The van der Waals surface area contributed by atoms with Crippen LogP contribution in [0.3, 0.4) is 0 Å². The Hall–Kier alpha value is -0.780. The third-order valence-corrected chi connectivity index (χ3v) is 11.9. The van der Waals surface area contributed by atoms with Gasteiger partial charge in [0.05, 0.1) is 0 Å². The topological polar surface area (TPSA) is 0 Å². The molecule has 0 amide bonds.